The Morgan fingerprint density at radius 3 is 2.50 bits per heavy atom. The molecule has 0 aliphatic rings. The van der Waals surface area contributed by atoms with Gasteiger partial charge in [-0.1, -0.05) is 20.3 Å². The van der Waals surface area contributed by atoms with Gasteiger partial charge < -0.3 is 5.32 Å². The Labute approximate surface area is 97.3 Å². The number of hydrogen-bond acceptors (Lipinski definition) is 2. The molecule has 3 heteroatoms. The molecule has 1 heterocycles. The largest absolute Gasteiger partial charge is 0.306 e. The average Bonchev–Trinajstić information content (AvgIpc) is 2.28. The first kappa shape index (κ1) is 13.1. The molecule has 16 heavy (non-hydrogen) atoms. The van der Waals surface area contributed by atoms with Crippen LogP contribution in [0, 0.1) is 11.7 Å². The summed E-state index contributed by atoms with van der Waals surface area (Å²) in [6, 6.07) is 3.78. The molecule has 2 nitrogen and oxygen atoms in total. The summed E-state index contributed by atoms with van der Waals surface area (Å²) in [7, 11) is 0. The molecule has 3 atom stereocenters. The van der Waals surface area contributed by atoms with Crippen molar-refractivity contribution in [3.63, 3.8) is 0 Å². The zero-order valence-electron chi connectivity index (χ0n) is 10.5. The van der Waals surface area contributed by atoms with E-state index in [9.17, 15) is 4.39 Å². The van der Waals surface area contributed by atoms with E-state index in [1.54, 1.807) is 6.07 Å². The van der Waals surface area contributed by atoms with E-state index in [1.165, 1.54) is 12.3 Å². The molecule has 0 aliphatic heterocycles. The molecular formula is C13H21FN2. The van der Waals surface area contributed by atoms with E-state index in [1.807, 2.05) is 0 Å². The van der Waals surface area contributed by atoms with Crippen LogP contribution in [0.2, 0.25) is 0 Å². The van der Waals surface area contributed by atoms with Crippen LogP contribution in [-0.2, 0) is 0 Å². The van der Waals surface area contributed by atoms with Gasteiger partial charge in [-0.25, -0.2) is 4.39 Å². The first-order chi connectivity index (χ1) is 7.54. The van der Waals surface area contributed by atoms with E-state index >= 15 is 0 Å². The van der Waals surface area contributed by atoms with Crippen molar-refractivity contribution in [1.82, 2.24) is 10.3 Å². The Morgan fingerprint density at radius 2 is 2.00 bits per heavy atom. The van der Waals surface area contributed by atoms with E-state index in [0.717, 1.165) is 12.1 Å². The van der Waals surface area contributed by atoms with Crippen molar-refractivity contribution in [3.8, 4) is 0 Å². The molecule has 1 aromatic rings. The molecular weight excluding hydrogens is 203 g/mol. The van der Waals surface area contributed by atoms with Crippen molar-refractivity contribution < 1.29 is 4.39 Å². The second-order valence-electron chi connectivity index (χ2n) is 4.46. The van der Waals surface area contributed by atoms with E-state index < -0.39 is 0 Å². The number of pyridine rings is 1. The topological polar surface area (TPSA) is 24.9 Å². The van der Waals surface area contributed by atoms with Crippen molar-refractivity contribution in [2.45, 2.75) is 46.2 Å². The van der Waals surface area contributed by atoms with Crippen LogP contribution in [0.1, 0.15) is 45.9 Å². The average molecular weight is 224 g/mol. The van der Waals surface area contributed by atoms with Gasteiger partial charge in [-0.05, 0) is 31.9 Å². The van der Waals surface area contributed by atoms with Gasteiger partial charge in [0.1, 0.15) is 5.82 Å². The molecule has 0 fully saturated rings. The summed E-state index contributed by atoms with van der Waals surface area (Å²) in [5, 5.41) is 3.48. The Kier molecular flexibility index (Phi) is 4.87. The summed E-state index contributed by atoms with van der Waals surface area (Å²) in [5.41, 5.74) is 0.886. The molecule has 0 bridgehead atoms. The van der Waals surface area contributed by atoms with Crippen molar-refractivity contribution in [1.29, 1.82) is 0 Å². The van der Waals surface area contributed by atoms with Gasteiger partial charge in [-0.3, -0.25) is 4.98 Å². The molecule has 0 spiro atoms. The molecule has 1 aromatic heterocycles. The summed E-state index contributed by atoms with van der Waals surface area (Å²) < 4.78 is 12.7. The van der Waals surface area contributed by atoms with Crippen molar-refractivity contribution in [3.05, 3.63) is 29.8 Å². The Bertz CT molecular complexity index is 310. The first-order valence-electron chi connectivity index (χ1n) is 5.92. The zero-order valence-corrected chi connectivity index (χ0v) is 10.5. The summed E-state index contributed by atoms with van der Waals surface area (Å²) >= 11 is 0. The van der Waals surface area contributed by atoms with Crippen molar-refractivity contribution in [2.75, 3.05) is 0 Å². The molecule has 1 N–H and O–H groups in total. The zero-order chi connectivity index (χ0) is 12.1. The smallest absolute Gasteiger partial charge is 0.141 e. The summed E-state index contributed by atoms with van der Waals surface area (Å²) in [6.07, 6.45) is 2.42. The third-order valence-electron chi connectivity index (χ3n) is 3.20. The normalized spacial score (nSPS) is 16.8. The molecule has 0 amide bonds. The van der Waals surface area contributed by atoms with Crippen molar-refractivity contribution >= 4 is 0 Å². The SMILES string of the molecule is CCC(C)C(C)NC(C)c1ccc(F)cn1. The minimum atomic E-state index is -0.286. The van der Waals surface area contributed by atoms with Crippen LogP contribution in [0.4, 0.5) is 4.39 Å². The van der Waals surface area contributed by atoms with Gasteiger partial charge in [0.15, 0.2) is 0 Å². The Hall–Kier alpha value is -0.960. The lowest BCUT2D eigenvalue weighted by Gasteiger charge is -2.24. The maximum atomic E-state index is 12.7. The minimum absolute atomic E-state index is 0.157. The Morgan fingerprint density at radius 1 is 1.31 bits per heavy atom. The van der Waals surface area contributed by atoms with E-state index in [-0.39, 0.29) is 11.9 Å². The molecule has 0 aromatic carbocycles. The highest BCUT2D eigenvalue weighted by Crippen LogP contribution is 2.14. The molecule has 1 rings (SSSR count). The van der Waals surface area contributed by atoms with Gasteiger partial charge >= 0.3 is 0 Å². The molecule has 0 aliphatic carbocycles. The maximum Gasteiger partial charge on any atom is 0.141 e. The number of nitrogens with one attached hydrogen (secondary N) is 1. The van der Waals surface area contributed by atoms with Crippen LogP contribution in [0.25, 0.3) is 0 Å². The maximum absolute atomic E-state index is 12.7. The molecule has 0 saturated carbocycles. The fraction of sp³-hybridized carbons (Fsp3) is 0.615. The lowest BCUT2D eigenvalue weighted by molar-refractivity contribution is 0.357. The molecule has 0 saturated heterocycles. The standard InChI is InChI=1S/C13H21FN2/c1-5-9(2)10(3)16-11(4)13-7-6-12(14)8-15-13/h6-11,16H,5H2,1-4H3. The molecule has 0 radical (unpaired) electrons. The second-order valence-corrected chi connectivity index (χ2v) is 4.46. The Balaban J connectivity index is 2.58. The fourth-order valence-electron chi connectivity index (χ4n) is 1.64. The van der Waals surface area contributed by atoms with Crippen LogP contribution >= 0.6 is 0 Å². The predicted octanol–water partition coefficient (Wildman–Crippen LogP) is 3.31. The van der Waals surface area contributed by atoms with E-state index in [4.69, 9.17) is 0 Å². The van der Waals surface area contributed by atoms with Gasteiger partial charge in [-0.15, -0.1) is 0 Å². The van der Waals surface area contributed by atoms with Crippen LogP contribution in [0.15, 0.2) is 18.3 Å². The molecule has 3 unspecified atom stereocenters. The van der Waals surface area contributed by atoms with Gasteiger partial charge in [0, 0.05) is 12.1 Å². The fourth-order valence-corrected chi connectivity index (χ4v) is 1.64. The number of hydrogen-bond donors (Lipinski definition) is 1. The number of rotatable bonds is 5. The number of nitrogens with zero attached hydrogens (tertiary/aromatic N) is 1. The van der Waals surface area contributed by atoms with Crippen LogP contribution in [0.5, 0.6) is 0 Å². The van der Waals surface area contributed by atoms with Gasteiger partial charge in [0.25, 0.3) is 0 Å². The predicted molar refractivity (Wildman–Crippen MR) is 64.7 cm³/mol. The second kappa shape index (κ2) is 5.94. The minimum Gasteiger partial charge on any atom is -0.306 e. The third-order valence-corrected chi connectivity index (χ3v) is 3.20. The van der Waals surface area contributed by atoms with Gasteiger partial charge in [0.05, 0.1) is 11.9 Å². The summed E-state index contributed by atoms with van der Waals surface area (Å²) in [6.45, 7) is 8.64. The highest BCUT2D eigenvalue weighted by Gasteiger charge is 2.14. The molecule has 90 valence electrons. The van der Waals surface area contributed by atoms with Crippen LogP contribution < -0.4 is 5.32 Å². The lowest BCUT2D eigenvalue weighted by atomic mass is 10.00. The quantitative estimate of drug-likeness (QED) is 0.830. The monoisotopic (exact) mass is 224 g/mol. The lowest BCUT2D eigenvalue weighted by Crippen LogP contribution is -2.34. The summed E-state index contributed by atoms with van der Waals surface area (Å²) in [4.78, 5) is 4.08. The van der Waals surface area contributed by atoms with Crippen molar-refractivity contribution in [2.24, 2.45) is 5.92 Å². The highest BCUT2D eigenvalue weighted by atomic mass is 19.1. The number of aromatic nitrogens is 1. The highest BCUT2D eigenvalue weighted by molar-refractivity contribution is 5.09. The van der Waals surface area contributed by atoms with E-state index in [2.05, 4.69) is 38.0 Å². The number of halogens is 1. The summed E-state index contributed by atoms with van der Waals surface area (Å²) in [5.74, 6) is 0.342. The van der Waals surface area contributed by atoms with Gasteiger partial charge in [-0.2, -0.15) is 0 Å². The van der Waals surface area contributed by atoms with E-state index in [0.29, 0.717) is 12.0 Å². The van der Waals surface area contributed by atoms with Gasteiger partial charge in [0.2, 0.25) is 0 Å². The van der Waals surface area contributed by atoms with Crippen LogP contribution in [-0.4, -0.2) is 11.0 Å². The van der Waals surface area contributed by atoms with Crippen LogP contribution in [0.3, 0.4) is 0 Å². The third kappa shape index (κ3) is 3.56. The first-order valence-corrected chi connectivity index (χ1v) is 5.92.